The molecule has 1 atom stereocenters. The number of benzene rings is 2. The third kappa shape index (κ3) is 4.07. The monoisotopic (exact) mass is 372 g/mol. The summed E-state index contributed by atoms with van der Waals surface area (Å²) in [4.78, 5) is 14.9. The van der Waals surface area contributed by atoms with E-state index < -0.39 is 10.0 Å². The Morgan fingerprint density at radius 3 is 2.50 bits per heavy atom. The van der Waals surface area contributed by atoms with Crippen LogP contribution in [-0.4, -0.2) is 32.3 Å². The van der Waals surface area contributed by atoms with Crippen LogP contribution in [0.1, 0.15) is 35.7 Å². The van der Waals surface area contributed by atoms with Crippen molar-refractivity contribution in [3.8, 4) is 0 Å². The Kier molecular flexibility index (Phi) is 5.32. The standard InChI is InChI=1S/C20H24N2O3S/c1-15-9-11-17(12-10-15)26(24,25)21-19-8-4-3-7-18(19)20(23)22-13-5-6-16(2)14-22/h3-4,7-12,16,21H,5-6,13-14H2,1-2H3. The Balaban J connectivity index is 1.87. The Labute approximate surface area is 155 Å². The first kappa shape index (κ1) is 18.5. The van der Waals surface area contributed by atoms with Gasteiger partial charge in [0, 0.05) is 13.1 Å². The number of hydrogen-bond acceptors (Lipinski definition) is 3. The van der Waals surface area contributed by atoms with Gasteiger partial charge in [-0.3, -0.25) is 9.52 Å². The Bertz CT molecular complexity index is 892. The van der Waals surface area contributed by atoms with Crippen LogP contribution < -0.4 is 4.72 Å². The number of sulfonamides is 1. The molecule has 0 radical (unpaired) electrons. The average molecular weight is 372 g/mol. The summed E-state index contributed by atoms with van der Waals surface area (Å²) in [5.74, 6) is 0.336. The van der Waals surface area contributed by atoms with Gasteiger partial charge in [0.2, 0.25) is 0 Å². The molecule has 1 unspecified atom stereocenters. The Hall–Kier alpha value is -2.34. The molecule has 0 aliphatic carbocycles. The van der Waals surface area contributed by atoms with E-state index in [1.165, 1.54) is 0 Å². The van der Waals surface area contributed by atoms with Crippen LogP contribution >= 0.6 is 0 Å². The second-order valence-electron chi connectivity index (χ2n) is 6.96. The zero-order chi connectivity index (χ0) is 18.7. The molecule has 0 saturated carbocycles. The molecule has 0 aromatic heterocycles. The van der Waals surface area contributed by atoms with Gasteiger partial charge >= 0.3 is 0 Å². The quantitative estimate of drug-likeness (QED) is 0.890. The molecule has 6 heteroatoms. The fraction of sp³-hybridized carbons (Fsp3) is 0.350. The summed E-state index contributed by atoms with van der Waals surface area (Å²) in [5, 5.41) is 0. The predicted molar refractivity (Wildman–Crippen MR) is 103 cm³/mol. The van der Waals surface area contributed by atoms with E-state index in [1.807, 2.05) is 11.8 Å². The topological polar surface area (TPSA) is 66.5 Å². The zero-order valence-corrected chi connectivity index (χ0v) is 15.9. The lowest BCUT2D eigenvalue weighted by Crippen LogP contribution is -2.39. The number of amides is 1. The summed E-state index contributed by atoms with van der Waals surface area (Å²) >= 11 is 0. The highest BCUT2D eigenvalue weighted by atomic mass is 32.2. The highest BCUT2D eigenvalue weighted by Crippen LogP contribution is 2.24. The van der Waals surface area contributed by atoms with Crippen molar-refractivity contribution in [2.45, 2.75) is 31.6 Å². The fourth-order valence-corrected chi connectivity index (χ4v) is 4.30. The van der Waals surface area contributed by atoms with Crippen LogP contribution in [0.4, 0.5) is 5.69 Å². The van der Waals surface area contributed by atoms with Crippen molar-refractivity contribution in [1.29, 1.82) is 0 Å². The van der Waals surface area contributed by atoms with Crippen molar-refractivity contribution in [3.05, 3.63) is 59.7 Å². The lowest BCUT2D eigenvalue weighted by molar-refractivity contribution is 0.0684. The van der Waals surface area contributed by atoms with Crippen LogP contribution in [0.3, 0.4) is 0 Å². The van der Waals surface area contributed by atoms with Gasteiger partial charge in [-0.15, -0.1) is 0 Å². The molecule has 1 saturated heterocycles. The number of para-hydroxylation sites is 1. The van der Waals surface area contributed by atoms with Gasteiger partial charge in [0.05, 0.1) is 16.1 Å². The van der Waals surface area contributed by atoms with Crippen molar-refractivity contribution in [2.75, 3.05) is 17.8 Å². The number of nitrogens with one attached hydrogen (secondary N) is 1. The molecule has 1 heterocycles. The molecule has 138 valence electrons. The maximum Gasteiger partial charge on any atom is 0.261 e. The largest absolute Gasteiger partial charge is 0.338 e. The smallest absolute Gasteiger partial charge is 0.261 e. The number of carbonyl (C=O) groups is 1. The van der Waals surface area contributed by atoms with Crippen LogP contribution in [0.2, 0.25) is 0 Å². The van der Waals surface area contributed by atoms with E-state index >= 15 is 0 Å². The van der Waals surface area contributed by atoms with Gasteiger partial charge in [0.25, 0.3) is 15.9 Å². The molecule has 3 rings (SSSR count). The molecule has 0 spiro atoms. The van der Waals surface area contributed by atoms with Gasteiger partial charge in [-0.25, -0.2) is 8.42 Å². The minimum absolute atomic E-state index is 0.126. The number of rotatable bonds is 4. The van der Waals surface area contributed by atoms with E-state index in [-0.39, 0.29) is 10.8 Å². The van der Waals surface area contributed by atoms with E-state index in [0.29, 0.717) is 30.3 Å². The molecule has 1 aliphatic heterocycles. The minimum Gasteiger partial charge on any atom is -0.338 e. The fourth-order valence-electron chi connectivity index (χ4n) is 3.22. The lowest BCUT2D eigenvalue weighted by atomic mass is 9.99. The molecule has 2 aromatic carbocycles. The van der Waals surface area contributed by atoms with Gasteiger partial charge in [-0.2, -0.15) is 0 Å². The Morgan fingerprint density at radius 1 is 1.12 bits per heavy atom. The number of nitrogens with zero attached hydrogens (tertiary/aromatic N) is 1. The maximum atomic E-state index is 12.9. The minimum atomic E-state index is -3.75. The van der Waals surface area contributed by atoms with E-state index in [2.05, 4.69) is 11.6 Å². The van der Waals surface area contributed by atoms with Crippen molar-refractivity contribution in [2.24, 2.45) is 5.92 Å². The third-order valence-electron chi connectivity index (χ3n) is 4.68. The van der Waals surface area contributed by atoms with Crippen molar-refractivity contribution >= 4 is 21.6 Å². The number of aryl methyl sites for hydroxylation is 1. The SMILES string of the molecule is Cc1ccc(S(=O)(=O)Nc2ccccc2C(=O)N2CCCC(C)C2)cc1. The maximum absolute atomic E-state index is 12.9. The molecule has 1 amide bonds. The predicted octanol–water partition coefficient (Wildman–Crippen LogP) is 3.67. The highest BCUT2D eigenvalue weighted by Gasteiger charge is 2.25. The number of likely N-dealkylation sites (tertiary alicyclic amines) is 1. The van der Waals surface area contributed by atoms with Crippen LogP contribution in [0.5, 0.6) is 0 Å². The van der Waals surface area contributed by atoms with Gasteiger partial charge in [0.15, 0.2) is 0 Å². The summed E-state index contributed by atoms with van der Waals surface area (Å²) in [5.41, 5.74) is 1.69. The van der Waals surface area contributed by atoms with Gasteiger partial charge in [-0.1, -0.05) is 36.8 Å². The average Bonchev–Trinajstić information content (AvgIpc) is 2.62. The first-order valence-corrected chi connectivity index (χ1v) is 10.3. The molecule has 2 aromatic rings. The number of anilines is 1. The summed E-state index contributed by atoms with van der Waals surface area (Å²) in [7, 11) is -3.75. The molecule has 26 heavy (non-hydrogen) atoms. The van der Waals surface area contributed by atoms with Crippen LogP contribution in [0, 0.1) is 12.8 Å². The second kappa shape index (κ2) is 7.50. The van der Waals surface area contributed by atoms with Crippen LogP contribution in [-0.2, 0) is 10.0 Å². The molecular weight excluding hydrogens is 348 g/mol. The van der Waals surface area contributed by atoms with Gasteiger partial charge in [-0.05, 0) is 49.9 Å². The first-order valence-electron chi connectivity index (χ1n) is 8.84. The van der Waals surface area contributed by atoms with E-state index in [1.54, 1.807) is 48.5 Å². The number of piperidine rings is 1. The van der Waals surface area contributed by atoms with E-state index in [4.69, 9.17) is 0 Å². The molecule has 1 N–H and O–H groups in total. The molecule has 5 nitrogen and oxygen atoms in total. The first-order chi connectivity index (χ1) is 12.4. The van der Waals surface area contributed by atoms with Crippen molar-refractivity contribution in [3.63, 3.8) is 0 Å². The molecule has 0 bridgehead atoms. The van der Waals surface area contributed by atoms with Crippen LogP contribution in [0.25, 0.3) is 0 Å². The number of hydrogen-bond donors (Lipinski definition) is 1. The summed E-state index contributed by atoms with van der Waals surface area (Å²) in [6.07, 6.45) is 2.09. The van der Waals surface area contributed by atoms with Crippen molar-refractivity contribution in [1.82, 2.24) is 4.90 Å². The van der Waals surface area contributed by atoms with Gasteiger partial charge < -0.3 is 4.90 Å². The third-order valence-corrected chi connectivity index (χ3v) is 6.06. The molecular formula is C20H24N2O3S. The van der Waals surface area contributed by atoms with Crippen molar-refractivity contribution < 1.29 is 13.2 Å². The van der Waals surface area contributed by atoms with Crippen LogP contribution in [0.15, 0.2) is 53.4 Å². The van der Waals surface area contributed by atoms with E-state index in [9.17, 15) is 13.2 Å². The Morgan fingerprint density at radius 2 is 1.81 bits per heavy atom. The molecule has 1 aliphatic rings. The normalized spacial score (nSPS) is 17.8. The number of carbonyl (C=O) groups excluding carboxylic acids is 1. The lowest BCUT2D eigenvalue weighted by Gasteiger charge is -2.31. The summed E-state index contributed by atoms with van der Waals surface area (Å²) in [6.45, 7) is 5.45. The molecule has 1 fully saturated rings. The second-order valence-corrected chi connectivity index (χ2v) is 8.65. The zero-order valence-electron chi connectivity index (χ0n) is 15.1. The summed E-state index contributed by atoms with van der Waals surface area (Å²) in [6, 6.07) is 13.4. The highest BCUT2D eigenvalue weighted by molar-refractivity contribution is 7.92. The summed E-state index contributed by atoms with van der Waals surface area (Å²) < 4.78 is 27.9. The van der Waals surface area contributed by atoms with Gasteiger partial charge in [0.1, 0.15) is 0 Å². The van der Waals surface area contributed by atoms with E-state index in [0.717, 1.165) is 18.4 Å².